The van der Waals surface area contributed by atoms with E-state index in [1.165, 1.54) is 19.3 Å². The van der Waals surface area contributed by atoms with Crippen molar-refractivity contribution in [2.45, 2.75) is 11.1 Å². The summed E-state index contributed by atoms with van der Waals surface area (Å²) < 4.78 is 26.5. The second-order valence-corrected chi connectivity index (χ2v) is 5.84. The van der Waals surface area contributed by atoms with Gasteiger partial charge in [-0.15, -0.1) is 0 Å². The minimum Gasteiger partial charge on any atom is -0.480 e. The molecule has 1 atom stereocenters. The number of hydrogen-bond acceptors (Lipinski definition) is 5. The number of hydrogen-bond donors (Lipinski definition) is 2. The summed E-state index contributed by atoms with van der Waals surface area (Å²) in [5.74, 6) is -1.85. The van der Waals surface area contributed by atoms with Crippen molar-refractivity contribution < 1.29 is 23.1 Å². The first-order valence-corrected chi connectivity index (χ1v) is 6.77. The predicted molar refractivity (Wildman–Crippen MR) is 61.5 cm³/mol. The number of carboxylic acid groups (broad SMARTS) is 1. The van der Waals surface area contributed by atoms with E-state index in [4.69, 9.17) is 5.11 Å². The van der Waals surface area contributed by atoms with Crippen LogP contribution in [0.4, 0.5) is 0 Å². The largest absolute Gasteiger partial charge is 0.480 e. The van der Waals surface area contributed by atoms with E-state index in [1.807, 2.05) is 0 Å². The molecule has 1 saturated heterocycles. The highest BCUT2D eigenvalue weighted by molar-refractivity contribution is 7.89. The molecule has 1 aliphatic rings. The van der Waals surface area contributed by atoms with E-state index >= 15 is 0 Å². The molecule has 1 amide bonds. The van der Waals surface area contributed by atoms with Crippen LogP contribution < -0.4 is 5.32 Å². The maximum absolute atomic E-state index is 12.4. The molecule has 2 N–H and O–H groups in total. The molecule has 1 aromatic rings. The Bertz CT molecular complexity index is 622. The fourth-order valence-corrected chi connectivity index (χ4v) is 3.46. The molecule has 2 heterocycles. The molecule has 0 bridgehead atoms. The molecule has 10 heteroatoms. The molecule has 0 radical (unpaired) electrons. The summed E-state index contributed by atoms with van der Waals surface area (Å²) in [6.07, 6.45) is 1.28. The van der Waals surface area contributed by atoms with E-state index in [9.17, 15) is 18.0 Å². The lowest BCUT2D eigenvalue weighted by Crippen LogP contribution is -2.59. The van der Waals surface area contributed by atoms with Gasteiger partial charge in [-0.3, -0.25) is 14.3 Å². The van der Waals surface area contributed by atoms with Gasteiger partial charge >= 0.3 is 5.97 Å². The van der Waals surface area contributed by atoms with E-state index in [0.717, 1.165) is 4.68 Å². The van der Waals surface area contributed by atoms with Crippen molar-refractivity contribution in [1.29, 1.82) is 0 Å². The molecule has 9 nitrogen and oxygen atoms in total. The minimum absolute atomic E-state index is 0.159. The number of carbonyl (C=O) groups is 2. The zero-order valence-electron chi connectivity index (χ0n) is 9.98. The number of nitrogens with one attached hydrogen (secondary N) is 1. The molecule has 0 aromatic carbocycles. The Morgan fingerprint density at radius 1 is 1.58 bits per heavy atom. The van der Waals surface area contributed by atoms with Gasteiger partial charge in [-0.2, -0.15) is 9.40 Å². The predicted octanol–water partition coefficient (Wildman–Crippen LogP) is -2.01. The molecule has 1 fully saturated rings. The summed E-state index contributed by atoms with van der Waals surface area (Å²) in [6.45, 7) is -0.782. The van der Waals surface area contributed by atoms with Gasteiger partial charge in [0.1, 0.15) is 6.04 Å². The molecule has 0 spiro atoms. The lowest BCUT2D eigenvalue weighted by atomic mass is 10.2. The summed E-state index contributed by atoms with van der Waals surface area (Å²) in [4.78, 5) is 22.4. The quantitative estimate of drug-likeness (QED) is 0.663. The molecule has 1 unspecified atom stereocenters. The van der Waals surface area contributed by atoms with Gasteiger partial charge in [-0.1, -0.05) is 0 Å². The van der Waals surface area contributed by atoms with Crippen LogP contribution in [-0.4, -0.2) is 58.6 Å². The highest BCUT2D eigenvalue weighted by Gasteiger charge is 2.41. The van der Waals surface area contributed by atoms with Gasteiger partial charge in [0.25, 0.3) is 10.0 Å². The molecular formula is C9H12N4O5S. The first kappa shape index (κ1) is 13.5. The van der Waals surface area contributed by atoms with Crippen LogP contribution in [-0.2, 0) is 26.7 Å². The molecule has 104 valence electrons. The maximum Gasteiger partial charge on any atom is 0.323 e. The van der Waals surface area contributed by atoms with E-state index in [-0.39, 0.29) is 11.6 Å². The Morgan fingerprint density at radius 3 is 2.79 bits per heavy atom. The minimum atomic E-state index is -4.08. The third-order valence-electron chi connectivity index (χ3n) is 2.77. The summed E-state index contributed by atoms with van der Waals surface area (Å²) in [5, 5.41) is 14.9. The number of amides is 1. The lowest BCUT2D eigenvalue weighted by Gasteiger charge is -2.31. The molecule has 2 rings (SSSR count). The maximum atomic E-state index is 12.4. The third kappa shape index (κ3) is 2.31. The van der Waals surface area contributed by atoms with Crippen molar-refractivity contribution in [1.82, 2.24) is 19.4 Å². The van der Waals surface area contributed by atoms with Gasteiger partial charge in [0.2, 0.25) is 5.91 Å². The normalized spacial score (nSPS) is 21.1. The molecule has 1 aliphatic heterocycles. The third-order valence-corrected chi connectivity index (χ3v) is 4.70. The number of rotatable bonds is 3. The van der Waals surface area contributed by atoms with Crippen molar-refractivity contribution in [2.24, 2.45) is 7.05 Å². The summed E-state index contributed by atoms with van der Waals surface area (Å²) in [7, 11) is -2.66. The molecule has 0 aliphatic carbocycles. The van der Waals surface area contributed by atoms with E-state index in [2.05, 4.69) is 10.4 Å². The Labute approximate surface area is 108 Å². The van der Waals surface area contributed by atoms with E-state index in [0.29, 0.717) is 4.31 Å². The van der Waals surface area contributed by atoms with Gasteiger partial charge < -0.3 is 10.4 Å². The second kappa shape index (κ2) is 4.63. The van der Waals surface area contributed by atoms with Crippen molar-refractivity contribution in [3.05, 3.63) is 12.3 Å². The topological polar surface area (TPSA) is 122 Å². The smallest absolute Gasteiger partial charge is 0.323 e. The number of nitrogens with zero attached hydrogens (tertiary/aromatic N) is 3. The second-order valence-electron chi connectivity index (χ2n) is 4.00. The van der Waals surface area contributed by atoms with Crippen molar-refractivity contribution in [3.63, 3.8) is 0 Å². The average molecular weight is 288 g/mol. The number of carbonyl (C=O) groups excluding carboxylic acids is 1. The van der Waals surface area contributed by atoms with Crippen LogP contribution in [0.15, 0.2) is 17.3 Å². The van der Waals surface area contributed by atoms with Crippen LogP contribution in [0, 0.1) is 0 Å². The number of carboxylic acids is 1. The van der Waals surface area contributed by atoms with Gasteiger partial charge in [-0.05, 0) is 6.07 Å². The van der Waals surface area contributed by atoms with Crippen LogP contribution in [0.3, 0.4) is 0 Å². The number of piperazine rings is 1. The lowest BCUT2D eigenvalue weighted by molar-refractivity contribution is -0.143. The average Bonchev–Trinajstić information content (AvgIpc) is 2.75. The number of aliphatic carboxylic acids is 1. The fraction of sp³-hybridized carbons (Fsp3) is 0.444. The van der Waals surface area contributed by atoms with Gasteiger partial charge in [0.15, 0.2) is 5.03 Å². The van der Waals surface area contributed by atoms with Gasteiger partial charge in [0, 0.05) is 13.6 Å². The molecule has 19 heavy (non-hydrogen) atoms. The first-order chi connectivity index (χ1) is 8.84. The van der Waals surface area contributed by atoms with Gasteiger partial charge in [0.05, 0.1) is 12.7 Å². The summed E-state index contributed by atoms with van der Waals surface area (Å²) in [6, 6.07) is -0.0709. The van der Waals surface area contributed by atoms with Crippen LogP contribution in [0.2, 0.25) is 0 Å². The zero-order chi connectivity index (χ0) is 14.2. The summed E-state index contributed by atoms with van der Waals surface area (Å²) >= 11 is 0. The molecular weight excluding hydrogens is 276 g/mol. The Balaban J connectivity index is 2.44. The monoisotopic (exact) mass is 288 g/mol. The standard InChI is InChI=1S/C9H12N4O5S/c1-12-8(2-3-11-12)19(17,18)13-5-7(14)10-4-6(13)9(15)16/h2-3,6H,4-5H2,1H3,(H,10,14)(H,15,16). The van der Waals surface area contributed by atoms with Crippen LogP contribution in [0.25, 0.3) is 0 Å². The van der Waals surface area contributed by atoms with E-state index in [1.54, 1.807) is 0 Å². The SMILES string of the molecule is Cn1nccc1S(=O)(=O)N1CC(=O)NCC1C(=O)O. The Hall–Kier alpha value is -1.94. The zero-order valence-corrected chi connectivity index (χ0v) is 10.8. The van der Waals surface area contributed by atoms with Crippen LogP contribution in [0.5, 0.6) is 0 Å². The van der Waals surface area contributed by atoms with Crippen molar-refractivity contribution in [2.75, 3.05) is 13.1 Å². The van der Waals surface area contributed by atoms with Crippen LogP contribution >= 0.6 is 0 Å². The Kier molecular flexibility index (Phi) is 3.28. The number of aryl methyl sites for hydroxylation is 1. The van der Waals surface area contributed by atoms with Crippen molar-refractivity contribution in [3.8, 4) is 0 Å². The Morgan fingerprint density at radius 2 is 2.26 bits per heavy atom. The highest BCUT2D eigenvalue weighted by Crippen LogP contribution is 2.19. The summed E-state index contributed by atoms with van der Waals surface area (Å²) in [5.41, 5.74) is 0. The van der Waals surface area contributed by atoms with Crippen LogP contribution in [0.1, 0.15) is 0 Å². The first-order valence-electron chi connectivity index (χ1n) is 5.33. The fourth-order valence-electron chi connectivity index (χ4n) is 1.82. The number of sulfonamides is 1. The van der Waals surface area contributed by atoms with Gasteiger partial charge in [-0.25, -0.2) is 8.42 Å². The highest BCUT2D eigenvalue weighted by atomic mass is 32.2. The number of aromatic nitrogens is 2. The molecule has 1 aromatic heterocycles. The van der Waals surface area contributed by atoms with Crippen molar-refractivity contribution >= 4 is 21.9 Å². The van der Waals surface area contributed by atoms with E-state index < -0.39 is 34.5 Å². The molecule has 0 saturated carbocycles.